The average Bonchev–Trinajstić information content (AvgIpc) is 2.94. The van der Waals surface area contributed by atoms with E-state index in [1.165, 1.54) is 4.68 Å². The molecule has 0 fully saturated rings. The van der Waals surface area contributed by atoms with Gasteiger partial charge in [0.2, 0.25) is 5.70 Å². The summed E-state index contributed by atoms with van der Waals surface area (Å²) in [5.41, 5.74) is 1.05. The lowest BCUT2D eigenvalue weighted by Crippen LogP contribution is -2.23. The van der Waals surface area contributed by atoms with E-state index in [-0.39, 0.29) is 28.3 Å². The van der Waals surface area contributed by atoms with E-state index in [4.69, 9.17) is 11.3 Å². The van der Waals surface area contributed by atoms with Crippen LogP contribution in [-0.2, 0) is 21.5 Å². The lowest BCUT2D eigenvalue weighted by Gasteiger charge is -2.21. The molecule has 0 aliphatic carbocycles. The Bertz CT molecular complexity index is 1010. The minimum atomic E-state index is -0.822. The van der Waals surface area contributed by atoms with E-state index in [2.05, 4.69) is 30.7 Å². The highest BCUT2D eigenvalue weighted by molar-refractivity contribution is 5.95. The molecule has 0 aliphatic rings. The van der Waals surface area contributed by atoms with Crippen molar-refractivity contribution >= 4 is 17.4 Å². The first-order valence-corrected chi connectivity index (χ1v) is 9.99. The second-order valence-corrected chi connectivity index (χ2v) is 9.32. The van der Waals surface area contributed by atoms with Crippen LogP contribution in [0, 0.1) is 24.7 Å². The van der Waals surface area contributed by atoms with Crippen LogP contribution in [0.3, 0.4) is 0 Å². The highest BCUT2D eigenvalue weighted by Gasteiger charge is 2.31. The maximum absolute atomic E-state index is 15.0. The predicted molar refractivity (Wildman–Crippen MR) is 117 cm³/mol. The van der Waals surface area contributed by atoms with Gasteiger partial charge in [-0.3, -0.25) is 9.48 Å². The molecule has 0 spiro atoms. The minimum absolute atomic E-state index is 0.0125. The maximum atomic E-state index is 15.0. The molecule has 160 valence electrons. The van der Waals surface area contributed by atoms with Crippen molar-refractivity contribution in [3.8, 4) is 0 Å². The quantitative estimate of drug-likeness (QED) is 0.353. The first kappa shape index (κ1) is 23.3. The summed E-state index contributed by atoms with van der Waals surface area (Å²) in [5, 5.41) is 4.19. The van der Waals surface area contributed by atoms with Gasteiger partial charge in [-0.1, -0.05) is 45.0 Å². The molecule has 0 N–H and O–H groups in total. The number of hydrogen-bond acceptors (Lipinski definition) is 3. The molecule has 0 saturated heterocycles. The first-order chi connectivity index (χ1) is 13.8. The fourth-order valence-corrected chi connectivity index (χ4v) is 2.83. The summed E-state index contributed by atoms with van der Waals surface area (Å²) >= 11 is 0. The minimum Gasteiger partial charge on any atom is -0.435 e. The summed E-state index contributed by atoms with van der Waals surface area (Å²) in [6.07, 6.45) is 0. The fraction of sp³-hybridized carbons (Fsp3) is 0.458. The number of ether oxygens (including phenoxy) is 1. The molecule has 0 amide bonds. The summed E-state index contributed by atoms with van der Waals surface area (Å²) in [7, 11) is 0. The molecule has 1 aromatic heterocycles. The Morgan fingerprint density at radius 3 is 2.17 bits per heavy atom. The molecule has 0 saturated carbocycles. The van der Waals surface area contributed by atoms with Gasteiger partial charge in [-0.05, 0) is 51.2 Å². The third-order valence-electron chi connectivity index (χ3n) is 4.73. The number of aromatic nitrogens is 2. The Morgan fingerprint density at radius 2 is 1.73 bits per heavy atom. The van der Waals surface area contributed by atoms with Crippen molar-refractivity contribution < 1.29 is 13.9 Å². The van der Waals surface area contributed by atoms with Gasteiger partial charge < -0.3 is 4.74 Å². The number of benzene rings is 1. The number of carbonyl (C=O) groups is 1. The van der Waals surface area contributed by atoms with Gasteiger partial charge in [0.15, 0.2) is 11.6 Å². The van der Waals surface area contributed by atoms with Gasteiger partial charge in [-0.25, -0.2) is 9.24 Å². The SMILES string of the molecule is [C-]#[N+]C(=C(OC(=O)C(C)(C)C)c1c(F)c(C)nn1CC)c1ccc(C(C)(C)C)cc1. The predicted octanol–water partition coefficient (Wildman–Crippen LogP) is 5.98. The molecule has 2 aromatic rings. The van der Waals surface area contributed by atoms with E-state index < -0.39 is 17.2 Å². The number of halogens is 1. The topological polar surface area (TPSA) is 48.5 Å². The van der Waals surface area contributed by atoms with E-state index in [9.17, 15) is 4.79 Å². The van der Waals surface area contributed by atoms with E-state index in [0.717, 1.165) is 5.56 Å². The Balaban J connectivity index is 2.77. The Labute approximate surface area is 178 Å². The second kappa shape index (κ2) is 8.43. The molecule has 0 atom stereocenters. The van der Waals surface area contributed by atoms with Crippen molar-refractivity contribution in [2.75, 3.05) is 0 Å². The number of nitrogens with zero attached hydrogens (tertiary/aromatic N) is 3. The average molecular weight is 412 g/mol. The number of carbonyl (C=O) groups excluding carboxylic acids is 1. The summed E-state index contributed by atoms with van der Waals surface area (Å²) in [6.45, 7) is 22.9. The molecule has 1 heterocycles. The lowest BCUT2D eigenvalue weighted by molar-refractivity contribution is -0.145. The fourth-order valence-electron chi connectivity index (χ4n) is 2.83. The van der Waals surface area contributed by atoms with Crippen LogP contribution in [-0.4, -0.2) is 15.7 Å². The number of aryl methyl sites for hydroxylation is 2. The Hall–Kier alpha value is -2.94. The summed E-state index contributed by atoms with van der Waals surface area (Å²) in [6, 6.07) is 7.47. The molecule has 0 radical (unpaired) electrons. The van der Waals surface area contributed by atoms with E-state index >= 15 is 4.39 Å². The van der Waals surface area contributed by atoms with Gasteiger partial charge in [0.25, 0.3) is 0 Å². The molecule has 1 aromatic carbocycles. The molecule has 0 bridgehead atoms. The summed E-state index contributed by atoms with van der Waals surface area (Å²) in [5.74, 6) is -1.25. The van der Waals surface area contributed by atoms with Gasteiger partial charge in [-0.15, -0.1) is 0 Å². The van der Waals surface area contributed by atoms with Crippen LogP contribution in [0.25, 0.3) is 16.3 Å². The summed E-state index contributed by atoms with van der Waals surface area (Å²) < 4.78 is 22.1. The van der Waals surface area contributed by atoms with Crippen molar-refractivity contribution in [3.63, 3.8) is 0 Å². The zero-order chi connectivity index (χ0) is 22.9. The second-order valence-electron chi connectivity index (χ2n) is 9.32. The molecule has 0 aliphatic heterocycles. The largest absolute Gasteiger partial charge is 0.435 e. The number of esters is 1. The third-order valence-corrected chi connectivity index (χ3v) is 4.73. The van der Waals surface area contributed by atoms with Crippen molar-refractivity contribution in [1.29, 1.82) is 0 Å². The van der Waals surface area contributed by atoms with E-state index in [1.807, 2.05) is 19.1 Å². The zero-order valence-electron chi connectivity index (χ0n) is 19.1. The maximum Gasteiger partial charge on any atom is 0.315 e. The van der Waals surface area contributed by atoms with E-state index in [0.29, 0.717) is 12.1 Å². The van der Waals surface area contributed by atoms with Crippen LogP contribution in [0.1, 0.15) is 71.0 Å². The van der Waals surface area contributed by atoms with Crippen LogP contribution in [0.4, 0.5) is 4.39 Å². The van der Waals surface area contributed by atoms with Gasteiger partial charge >= 0.3 is 5.97 Å². The van der Waals surface area contributed by atoms with Crippen molar-refractivity contribution in [2.24, 2.45) is 5.41 Å². The van der Waals surface area contributed by atoms with Gasteiger partial charge in [0.05, 0.1) is 17.7 Å². The zero-order valence-corrected chi connectivity index (χ0v) is 19.1. The monoisotopic (exact) mass is 411 g/mol. The number of rotatable bonds is 4. The standard InChI is InChI=1S/C24H30FN3O2/c1-10-28-20(18(25)15(2)27-28)21(30-22(29)24(6,7)8)19(26-9)16-11-13-17(14-12-16)23(3,4)5/h11-14H,10H2,1-8H3. The molecule has 0 unspecified atom stereocenters. The molecular weight excluding hydrogens is 381 g/mol. The van der Waals surface area contributed by atoms with Crippen LogP contribution < -0.4 is 0 Å². The first-order valence-electron chi connectivity index (χ1n) is 9.99. The van der Waals surface area contributed by atoms with Gasteiger partial charge in [0, 0.05) is 6.54 Å². The van der Waals surface area contributed by atoms with Crippen LogP contribution in [0.15, 0.2) is 24.3 Å². The third kappa shape index (κ3) is 4.79. The van der Waals surface area contributed by atoms with Gasteiger partial charge in [-0.2, -0.15) is 5.10 Å². The van der Waals surface area contributed by atoms with Crippen LogP contribution in [0.2, 0.25) is 0 Å². The van der Waals surface area contributed by atoms with Crippen molar-refractivity contribution in [2.45, 2.75) is 67.3 Å². The van der Waals surface area contributed by atoms with Crippen molar-refractivity contribution in [3.05, 3.63) is 64.0 Å². The molecular formula is C24H30FN3O2. The molecule has 30 heavy (non-hydrogen) atoms. The highest BCUT2D eigenvalue weighted by atomic mass is 19.1. The Morgan fingerprint density at radius 1 is 1.17 bits per heavy atom. The van der Waals surface area contributed by atoms with Gasteiger partial charge in [0.1, 0.15) is 5.69 Å². The normalized spacial score (nSPS) is 12.9. The van der Waals surface area contributed by atoms with Crippen molar-refractivity contribution in [1.82, 2.24) is 9.78 Å². The molecule has 5 nitrogen and oxygen atoms in total. The smallest absolute Gasteiger partial charge is 0.315 e. The lowest BCUT2D eigenvalue weighted by atomic mass is 9.86. The number of hydrogen-bond donors (Lipinski definition) is 0. The van der Waals surface area contributed by atoms with E-state index in [1.54, 1.807) is 39.8 Å². The molecule has 2 rings (SSSR count). The Kier molecular flexibility index (Phi) is 6.56. The summed E-state index contributed by atoms with van der Waals surface area (Å²) in [4.78, 5) is 16.3. The van der Waals surface area contributed by atoms with Crippen LogP contribution in [0.5, 0.6) is 0 Å². The van der Waals surface area contributed by atoms with Crippen LogP contribution >= 0.6 is 0 Å². The molecule has 6 heteroatoms. The highest BCUT2D eigenvalue weighted by Crippen LogP contribution is 2.34.